The van der Waals surface area contributed by atoms with Gasteiger partial charge < -0.3 is 14.2 Å². The third-order valence-electron chi connectivity index (χ3n) is 5.92. The lowest BCUT2D eigenvalue weighted by Gasteiger charge is -2.35. The Balaban J connectivity index is 1.65. The zero-order valence-electron chi connectivity index (χ0n) is 19.2. The number of benzene rings is 2. The zero-order valence-corrected chi connectivity index (χ0v) is 19.2. The molecule has 1 amide bonds. The predicted molar refractivity (Wildman–Crippen MR) is 123 cm³/mol. The Hall–Kier alpha value is -2.90. The van der Waals surface area contributed by atoms with Gasteiger partial charge >= 0.3 is 0 Å². The number of ether oxygens (including phenoxy) is 3. The predicted octanol–water partition coefficient (Wildman–Crippen LogP) is 3.49. The van der Waals surface area contributed by atoms with E-state index in [9.17, 15) is 4.79 Å². The number of carbonyl (C=O) groups is 1. The van der Waals surface area contributed by atoms with Crippen molar-refractivity contribution in [3.63, 3.8) is 0 Å². The van der Waals surface area contributed by atoms with E-state index in [0.29, 0.717) is 18.7 Å². The highest BCUT2D eigenvalue weighted by Gasteiger charge is 2.36. The van der Waals surface area contributed by atoms with Crippen LogP contribution in [0.4, 0.5) is 0 Å². The van der Waals surface area contributed by atoms with Crippen LogP contribution in [0.3, 0.4) is 0 Å². The number of rotatable bonds is 6. The van der Waals surface area contributed by atoms with Crippen LogP contribution in [0.1, 0.15) is 37.4 Å². The topological polar surface area (TPSA) is 63.6 Å². The molecule has 170 valence electrons. The highest BCUT2D eigenvalue weighted by Crippen LogP contribution is 2.39. The van der Waals surface area contributed by atoms with Crippen molar-refractivity contribution in [2.75, 3.05) is 33.9 Å². The summed E-state index contributed by atoms with van der Waals surface area (Å²) in [7, 11) is 3.28. The first-order valence-electron chi connectivity index (χ1n) is 11.0. The number of hydrogen-bond donors (Lipinski definition) is 0. The third-order valence-corrected chi connectivity index (χ3v) is 5.92. The molecular weight excluding hydrogens is 406 g/mol. The molecule has 0 radical (unpaired) electrons. The molecule has 0 aromatic heterocycles. The van der Waals surface area contributed by atoms with E-state index in [1.807, 2.05) is 62.4 Å². The van der Waals surface area contributed by atoms with Gasteiger partial charge in [-0.25, -0.2) is 5.01 Å². The van der Waals surface area contributed by atoms with Gasteiger partial charge in [0, 0.05) is 25.1 Å². The maximum atomic E-state index is 13.5. The first-order valence-corrected chi connectivity index (χ1v) is 11.0. The molecule has 2 aromatic rings. The van der Waals surface area contributed by atoms with Gasteiger partial charge in [-0.1, -0.05) is 30.3 Å². The van der Waals surface area contributed by atoms with Crippen LogP contribution in [-0.4, -0.2) is 67.6 Å². The maximum absolute atomic E-state index is 13.5. The van der Waals surface area contributed by atoms with E-state index < -0.39 is 0 Å². The Morgan fingerprint density at radius 3 is 2.44 bits per heavy atom. The summed E-state index contributed by atoms with van der Waals surface area (Å²) in [6.07, 6.45) is 0.806. The SMILES string of the molecule is COc1ccc(OC)c(C2CC(c3ccccc3)=NN2C(=O)CN2CC(C)OC(C)C2)c1. The van der Waals surface area contributed by atoms with Crippen LogP contribution in [0, 0.1) is 0 Å². The second kappa shape index (κ2) is 9.71. The van der Waals surface area contributed by atoms with Crippen molar-refractivity contribution >= 4 is 11.6 Å². The first-order chi connectivity index (χ1) is 15.5. The Morgan fingerprint density at radius 1 is 1.06 bits per heavy atom. The van der Waals surface area contributed by atoms with Gasteiger partial charge in [0.15, 0.2) is 0 Å². The maximum Gasteiger partial charge on any atom is 0.257 e. The average Bonchev–Trinajstić information content (AvgIpc) is 3.24. The van der Waals surface area contributed by atoms with Gasteiger partial charge in [-0.05, 0) is 37.6 Å². The van der Waals surface area contributed by atoms with Crippen LogP contribution >= 0.6 is 0 Å². The normalized spacial score (nSPS) is 23.7. The summed E-state index contributed by atoms with van der Waals surface area (Å²) in [5.74, 6) is 1.40. The van der Waals surface area contributed by atoms with Crippen LogP contribution in [0.25, 0.3) is 0 Å². The number of morpholine rings is 1. The van der Waals surface area contributed by atoms with Gasteiger partial charge in [0.1, 0.15) is 11.5 Å². The van der Waals surface area contributed by atoms with Crippen molar-refractivity contribution in [3.8, 4) is 11.5 Å². The molecule has 32 heavy (non-hydrogen) atoms. The van der Waals surface area contributed by atoms with Crippen LogP contribution in [0.15, 0.2) is 53.6 Å². The minimum atomic E-state index is -0.265. The highest BCUT2D eigenvalue weighted by molar-refractivity contribution is 6.03. The lowest BCUT2D eigenvalue weighted by Crippen LogP contribution is -2.49. The highest BCUT2D eigenvalue weighted by atomic mass is 16.5. The van der Waals surface area contributed by atoms with Crippen molar-refractivity contribution in [1.29, 1.82) is 0 Å². The van der Waals surface area contributed by atoms with E-state index in [0.717, 1.165) is 35.7 Å². The molecule has 0 aliphatic carbocycles. The zero-order chi connectivity index (χ0) is 22.7. The standard InChI is InChI=1S/C25H31N3O4/c1-17-14-27(15-18(2)32-17)16-25(29)28-23(13-22(26-28)19-8-6-5-7-9-19)21-12-20(30-3)10-11-24(21)31-4/h5-12,17-18,23H,13-16H2,1-4H3. The molecule has 2 aliphatic rings. The molecule has 0 spiro atoms. The summed E-state index contributed by atoms with van der Waals surface area (Å²) < 4.78 is 16.9. The number of nitrogens with zero attached hydrogens (tertiary/aromatic N) is 3. The fourth-order valence-electron chi connectivity index (χ4n) is 4.56. The van der Waals surface area contributed by atoms with E-state index in [-0.39, 0.29) is 24.2 Å². The number of hydrazone groups is 1. The van der Waals surface area contributed by atoms with E-state index >= 15 is 0 Å². The second-order valence-corrected chi connectivity index (χ2v) is 8.43. The smallest absolute Gasteiger partial charge is 0.257 e. The molecular formula is C25H31N3O4. The molecule has 1 fully saturated rings. The van der Waals surface area contributed by atoms with Crippen molar-refractivity contribution < 1.29 is 19.0 Å². The fourth-order valence-corrected chi connectivity index (χ4v) is 4.56. The van der Waals surface area contributed by atoms with Crippen molar-refractivity contribution in [2.24, 2.45) is 5.10 Å². The van der Waals surface area contributed by atoms with E-state index in [2.05, 4.69) is 4.90 Å². The summed E-state index contributed by atoms with van der Waals surface area (Å²) >= 11 is 0. The Kier molecular flexibility index (Phi) is 6.77. The Labute approximate surface area is 189 Å². The molecule has 0 bridgehead atoms. The third kappa shape index (κ3) is 4.79. The first kappa shape index (κ1) is 22.3. The number of amides is 1. The Morgan fingerprint density at radius 2 is 1.78 bits per heavy atom. The lowest BCUT2D eigenvalue weighted by atomic mass is 9.97. The summed E-state index contributed by atoms with van der Waals surface area (Å²) in [4.78, 5) is 15.7. The summed E-state index contributed by atoms with van der Waals surface area (Å²) in [5.41, 5.74) is 2.79. The van der Waals surface area contributed by atoms with Crippen LogP contribution < -0.4 is 9.47 Å². The molecule has 4 rings (SSSR count). The van der Waals surface area contributed by atoms with Crippen LogP contribution in [0.2, 0.25) is 0 Å². The van der Waals surface area contributed by atoms with Crippen molar-refractivity contribution in [1.82, 2.24) is 9.91 Å². The minimum Gasteiger partial charge on any atom is -0.497 e. The number of methoxy groups -OCH3 is 2. The van der Waals surface area contributed by atoms with Gasteiger partial charge in [-0.2, -0.15) is 5.10 Å². The molecule has 2 heterocycles. The van der Waals surface area contributed by atoms with Crippen LogP contribution in [0.5, 0.6) is 11.5 Å². The molecule has 2 aromatic carbocycles. The minimum absolute atomic E-state index is 0.0351. The van der Waals surface area contributed by atoms with Gasteiger partial charge in [0.05, 0.1) is 44.7 Å². The van der Waals surface area contributed by atoms with Gasteiger partial charge in [-0.15, -0.1) is 0 Å². The molecule has 0 N–H and O–H groups in total. The van der Waals surface area contributed by atoms with Gasteiger partial charge in [0.2, 0.25) is 0 Å². The molecule has 2 aliphatic heterocycles. The van der Waals surface area contributed by atoms with E-state index in [1.165, 1.54) is 0 Å². The summed E-state index contributed by atoms with van der Waals surface area (Å²) in [5, 5.41) is 6.43. The molecule has 0 saturated carbocycles. The fraction of sp³-hybridized carbons (Fsp3) is 0.440. The molecule has 7 heteroatoms. The van der Waals surface area contributed by atoms with E-state index in [4.69, 9.17) is 19.3 Å². The van der Waals surface area contributed by atoms with Crippen molar-refractivity contribution in [2.45, 2.75) is 38.5 Å². The number of hydrogen-bond acceptors (Lipinski definition) is 6. The van der Waals surface area contributed by atoms with Crippen LogP contribution in [-0.2, 0) is 9.53 Å². The largest absolute Gasteiger partial charge is 0.497 e. The quantitative estimate of drug-likeness (QED) is 0.692. The van der Waals surface area contributed by atoms with Gasteiger partial charge in [-0.3, -0.25) is 9.69 Å². The molecule has 3 atom stereocenters. The Bertz CT molecular complexity index is 968. The van der Waals surface area contributed by atoms with Gasteiger partial charge in [0.25, 0.3) is 5.91 Å². The van der Waals surface area contributed by atoms with Crippen molar-refractivity contribution in [3.05, 3.63) is 59.7 Å². The second-order valence-electron chi connectivity index (χ2n) is 8.43. The molecule has 7 nitrogen and oxygen atoms in total. The summed E-state index contributed by atoms with van der Waals surface area (Å²) in [6.45, 7) is 5.84. The average molecular weight is 438 g/mol. The molecule has 3 unspecified atom stereocenters. The lowest BCUT2D eigenvalue weighted by molar-refractivity contribution is -0.137. The monoisotopic (exact) mass is 437 g/mol. The van der Waals surface area contributed by atoms with E-state index in [1.54, 1.807) is 19.2 Å². The summed E-state index contributed by atoms with van der Waals surface area (Å²) in [6, 6.07) is 15.4. The number of carbonyl (C=O) groups excluding carboxylic acids is 1. The molecule has 1 saturated heterocycles.